The number of carbonyl (C=O) groups excluding carboxylic acids is 1. The van der Waals surface area contributed by atoms with E-state index in [0.29, 0.717) is 22.1 Å². The molecular formula is C17H20ClNO3S. The van der Waals surface area contributed by atoms with E-state index < -0.39 is 0 Å². The number of amides is 1. The Kier molecular flexibility index (Phi) is 5.91. The smallest absolute Gasteiger partial charge is 0.251 e. The predicted octanol–water partition coefficient (Wildman–Crippen LogP) is 4.55. The molecule has 4 nitrogen and oxygen atoms in total. The number of hydrogen-bond donors (Lipinski definition) is 1. The van der Waals surface area contributed by atoms with Gasteiger partial charge in [0.1, 0.15) is 0 Å². The number of carbonyl (C=O) groups is 1. The first kappa shape index (κ1) is 17.6. The van der Waals surface area contributed by atoms with E-state index in [1.165, 1.54) is 14.2 Å². The maximum Gasteiger partial charge on any atom is 0.251 e. The van der Waals surface area contributed by atoms with Gasteiger partial charge in [-0.25, -0.2) is 0 Å². The Morgan fingerprint density at radius 2 is 2.00 bits per heavy atom. The van der Waals surface area contributed by atoms with Gasteiger partial charge in [-0.1, -0.05) is 31.5 Å². The minimum absolute atomic E-state index is 0.0469. The summed E-state index contributed by atoms with van der Waals surface area (Å²) in [7, 11) is 3.02. The van der Waals surface area contributed by atoms with Gasteiger partial charge in [-0.3, -0.25) is 4.79 Å². The lowest BCUT2D eigenvalue weighted by molar-refractivity contribution is 0.0926. The lowest BCUT2D eigenvalue weighted by atomic mass is 10.0. The molecule has 1 amide bonds. The molecule has 0 fully saturated rings. The lowest BCUT2D eigenvalue weighted by Gasteiger charge is -2.21. The van der Waals surface area contributed by atoms with Crippen LogP contribution >= 0.6 is 22.9 Å². The Morgan fingerprint density at radius 1 is 1.26 bits per heavy atom. The van der Waals surface area contributed by atoms with Crippen molar-refractivity contribution in [3.8, 4) is 11.5 Å². The zero-order valence-corrected chi connectivity index (χ0v) is 15.1. The minimum atomic E-state index is -0.194. The first-order valence-corrected chi connectivity index (χ1v) is 8.49. The summed E-state index contributed by atoms with van der Waals surface area (Å²) >= 11 is 7.80. The molecule has 1 atom stereocenters. The van der Waals surface area contributed by atoms with Crippen molar-refractivity contribution >= 4 is 28.8 Å². The molecule has 0 aliphatic rings. The van der Waals surface area contributed by atoms with Crippen molar-refractivity contribution in [2.75, 3.05) is 14.2 Å². The highest BCUT2D eigenvalue weighted by Gasteiger charge is 2.22. The number of methoxy groups -OCH3 is 2. The molecule has 2 aromatic rings. The predicted molar refractivity (Wildman–Crippen MR) is 93.9 cm³/mol. The Balaban J connectivity index is 2.28. The Labute approximate surface area is 145 Å². The molecule has 0 aliphatic heterocycles. The van der Waals surface area contributed by atoms with Crippen LogP contribution in [0, 0.1) is 5.92 Å². The second-order valence-corrected chi connectivity index (χ2v) is 6.79. The van der Waals surface area contributed by atoms with Crippen molar-refractivity contribution in [2.45, 2.75) is 19.9 Å². The van der Waals surface area contributed by atoms with E-state index in [9.17, 15) is 4.79 Å². The number of benzene rings is 1. The second-order valence-electron chi connectivity index (χ2n) is 5.40. The number of halogens is 1. The highest BCUT2D eigenvalue weighted by atomic mass is 35.5. The zero-order chi connectivity index (χ0) is 17.0. The van der Waals surface area contributed by atoms with Gasteiger partial charge >= 0.3 is 0 Å². The van der Waals surface area contributed by atoms with E-state index in [-0.39, 0.29) is 17.9 Å². The van der Waals surface area contributed by atoms with E-state index in [1.807, 2.05) is 17.5 Å². The number of ether oxygens (including phenoxy) is 2. The Bertz CT molecular complexity index is 671. The molecule has 1 N–H and O–H groups in total. The third-order valence-electron chi connectivity index (χ3n) is 3.50. The summed E-state index contributed by atoms with van der Waals surface area (Å²) in [6, 6.07) is 7.18. The number of rotatable bonds is 6. The summed E-state index contributed by atoms with van der Waals surface area (Å²) in [5, 5.41) is 5.41. The van der Waals surface area contributed by atoms with Crippen LogP contribution in [0.1, 0.15) is 35.1 Å². The Hall–Kier alpha value is -1.72. The van der Waals surface area contributed by atoms with Crippen LogP contribution in [0.2, 0.25) is 5.02 Å². The maximum atomic E-state index is 12.6. The standard InChI is InChI=1S/C17H20ClNO3S/c1-10(2)15(14-6-5-7-23-14)19-17(20)11-8-12(18)16(22-4)13(9-11)21-3/h5-10,15H,1-4H3,(H,19,20). The first-order valence-electron chi connectivity index (χ1n) is 7.23. The highest BCUT2D eigenvalue weighted by Crippen LogP contribution is 2.36. The van der Waals surface area contributed by atoms with Crippen LogP contribution in [0.25, 0.3) is 0 Å². The summed E-state index contributed by atoms with van der Waals surface area (Å²) in [6.07, 6.45) is 0. The van der Waals surface area contributed by atoms with Crippen LogP contribution < -0.4 is 14.8 Å². The molecule has 0 aliphatic carbocycles. The number of nitrogens with one attached hydrogen (secondary N) is 1. The van der Waals surface area contributed by atoms with Crippen molar-refractivity contribution in [3.63, 3.8) is 0 Å². The van der Waals surface area contributed by atoms with E-state index in [0.717, 1.165) is 4.88 Å². The molecule has 2 rings (SSSR count). The van der Waals surface area contributed by atoms with Crippen molar-refractivity contribution in [2.24, 2.45) is 5.92 Å². The van der Waals surface area contributed by atoms with Crippen LogP contribution in [0.3, 0.4) is 0 Å². The molecule has 1 heterocycles. The molecule has 0 spiro atoms. The van der Waals surface area contributed by atoms with Gasteiger partial charge in [0.05, 0.1) is 25.3 Å². The van der Waals surface area contributed by atoms with Crippen molar-refractivity contribution in [1.29, 1.82) is 0 Å². The number of thiophene rings is 1. The number of hydrogen-bond acceptors (Lipinski definition) is 4. The van der Waals surface area contributed by atoms with Crippen LogP contribution in [0.15, 0.2) is 29.6 Å². The van der Waals surface area contributed by atoms with Crippen LogP contribution in [-0.2, 0) is 0 Å². The van der Waals surface area contributed by atoms with E-state index >= 15 is 0 Å². The topological polar surface area (TPSA) is 47.6 Å². The molecule has 0 saturated carbocycles. The molecule has 0 saturated heterocycles. The van der Waals surface area contributed by atoms with Crippen LogP contribution in [-0.4, -0.2) is 20.1 Å². The minimum Gasteiger partial charge on any atom is -0.493 e. The van der Waals surface area contributed by atoms with Crippen molar-refractivity contribution < 1.29 is 14.3 Å². The molecule has 1 aromatic carbocycles. The van der Waals surface area contributed by atoms with Gasteiger partial charge in [-0.2, -0.15) is 0 Å². The molecular weight excluding hydrogens is 334 g/mol. The van der Waals surface area contributed by atoms with Gasteiger partial charge in [-0.15, -0.1) is 11.3 Å². The molecule has 1 aromatic heterocycles. The van der Waals surface area contributed by atoms with Crippen molar-refractivity contribution in [3.05, 3.63) is 45.1 Å². The molecule has 23 heavy (non-hydrogen) atoms. The zero-order valence-electron chi connectivity index (χ0n) is 13.6. The third-order valence-corrected chi connectivity index (χ3v) is 4.73. The lowest BCUT2D eigenvalue weighted by Crippen LogP contribution is -2.31. The van der Waals surface area contributed by atoms with Gasteiger partial charge in [0.15, 0.2) is 11.5 Å². The fraction of sp³-hybridized carbons (Fsp3) is 0.353. The average molecular weight is 354 g/mol. The summed E-state index contributed by atoms with van der Waals surface area (Å²) in [5.74, 6) is 0.930. The molecule has 124 valence electrons. The SMILES string of the molecule is COc1cc(C(=O)NC(c2cccs2)C(C)C)cc(Cl)c1OC. The van der Waals surface area contributed by atoms with Gasteiger partial charge < -0.3 is 14.8 Å². The molecule has 0 bridgehead atoms. The molecule has 6 heteroatoms. The average Bonchev–Trinajstić information content (AvgIpc) is 3.05. The first-order chi connectivity index (χ1) is 11.0. The fourth-order valence-corrected chi connectivity index (χ4v) is 3.55. The molecule has 1 unspecified atom stereocenters. The van der Waals surface area contributed by atoms with Crippen molar-refractivity contribution in [1.82, 2.24) is 5.32 Å². The van der Waals surface area contributed by atoms with E-state index in [2.05, 4.69) is 19.2 Å². The van der Waals surface area contributed by atoms with Gasteiger partial charge in [0.2, 0.25) is 0 Å². The summed E-state index contributed by atoms with van der Waals surface area (Å²) in [5.41, 5.74) is 0.440. The summed E-state index contributed by atoms with van der Waals surface area (Å²) < 4.78 is 10.4. The van der Waals surface area contributed by atoms with Crippen LogP contribution in [0.4, 0.5) is 0 Å². The van der Waals surface area contributed by atoms with E-state index in [4.69, 9.17) is 21.1 Å². The molecule has 0 radical (unpaired) electrons. The quantitative estimate of drug-likeness (QED) is 0.829. The van der Waals surface area contributed by atoms with Gasteiger partial charge in [0.25, 0.3) is 5.91 Å². The summed E-state index contributed by atoms with van der Waals surface area (Å²) in [4.78, 5) is 13.7. The van der Waals surface area contributed by atoms with Crippen LogP contribution in [0.5, 0.6) is 11.5 Å². The normalized spacial score (nSPS) is 12.1. The van der Waals surface area contributed by atoms with E-state index in [1.54, 1.807) is 23.5 Å². The monoisotopic (exact) mass is 353 g/mol. The maximum absolute atomic E-state index is 12.6. The third kappa shape index (κ3) is 3.98. The Morgan fingerprint density at radius 3 is 2.52 bits per heavy atom. The second kappa shape index (κ2) is 7.70. The van der Waals surface area contributed by atoms with Gasteiger partial charge in [0, 0.05) is 10.4 Å². The highest BCUT2D eigenvalue weighted by molar-refractivity contribution is 7.10. The largest absolute Gasteiger partial charge is 0.493 e. The van der Waals surface area contributed by atoms with Gasteiger partial charge in [-0.05, 0) is 29.5 Å². The fourth-order valence-electron chi connectivity index (χ4n) is 2.31. The summed E-state index contributed by atoms with van der Waals surface area (Å²) in [6.45, 7) is 4.15.